The molecule has 1 aromatic rings. The smallest absolute Gasteiger partial charge is 0.214 e. The van der Waals surface area contributed by atoms with Gasteiger partial charge in [0.25, 0.3) is 0 Å². The van der Waals surface area contributed by atoms with E-state index in [9.17, 15) is 4.39 Å². The molecule has 0 spiro atoms. The lowest BCUT2D eigenvalue weighted by molar-refractivity contribution is 0.426. The van der Waals surface area contributed by atoms with Crippen molar-refractivity contribution < 1.29 is 9.50 Å². The summed E-state index contributed by atoms with van der Waals surface area (Å²) >= 11 is 0. The third kappa shape index (κ3) is 1.35. The minimum atomic E-state index is -0.742. The zero-order chi connectivity index (χ0) is 6.69. The topological polar surface area (TPSA) is 46.0 Å². The van der Waals surface area contributed by atoms with Crippen LogP contribution in [0.1, 0.15) is 5.82 Å². The molecule has 0 atom stereocenters. The van der Waals surface area contributed by atoms with E-state index >= 15 is 0 Å². The van der Waals surface area contributed by atoms with E-state index in [1.54, 1.807) is 0 Å². The molecule has 3 nitrogen and oxygen atoms in total. The van der Waals surface area contributed by atoms with Crippen molar-refractivity contribution in [1.82, 2.24) is 9.97 Å². The van der Waals surface area contributed by atoms with Crippen molar-refractivity contribution in [2.45, 2.75) is 6.67 Å². The van der Waals surface area contributed by atoms with Crippen molar-refractivity contribution in [3.05, 3.63) is 18.1 Å². The van der Waals surface area contributed by atoms with Crippen LogP contribution in [0, 0.1) is 0 Å². The number of nitrogens with zero attached hydrogens (tertiary/aromatic N) is 2. The summed E-state index contributed by atoms with van der Waals surface area (Å²) in [5.74, 6) is -0.187. The van der Waals surface area contributed by atoms with Crippen molar-refractivity contribution in [2.24, 2.45) is 0 Å². The first-order valence-corrected chi connectivity index (χ1v) is 2.40. The Morgan fingerprint density at radius 3 is 2.89 bits per heavy atom. The number of halogens is 1. The Morgan fingerprint density at radius 1 is 1.67 bits per heavy atom. The molecule has 0 saturated carbocycles. The Bertz CT molecular complexity index is 204. The Balaban J connectivity index is 2.94. The van der Waals surface area contributed by atoms with Gasteiger partial charge in [0.15, 0.2) is 5.82 Å². The van der Waals surface area contributed by atoms with E-state index in [0.717, 1.165) is 0 Å². The van der Waals surface area contributed by atoms with Gasteiger partial charge in [-0.05, 0) is 0 Å². The van der Waals surface area contributed by atoms with Crippen LogP contribution in [0.4, 0.5) is 4.39 Å². The first-order valence-electron chi connectivity index (χ1n) is 2.40. The van der Waals surface area contributed by atoms with E-state index < -0.39 is 6.67 Å². The predicted octanol–water partition coefficient (Wildman–Crippen LogP) is 0.652. The molecule has 0 radical (unpaired) electrons. The molecule has 1 heterocycles. The van der Waals surface area contributed by atoms with Crippen LogP contribution in [-0.4, -0.2) is 15.1 Å². The van der Waals surface area contributed by atoms with Gasteiger partial charge in [0.1, 0.15) is 6.67 Å². The lowest BCUT2D eigenvalue weighted by Gasteiger charge is -1.90. The summed E-state index contributed by atoms with van der Waals surface area (Å²) in [6.07, 6.45) is 1.30. The molecule has 0 unspecified atom stereocenters. The Kier molecular flexibility index (Phi) is 1.58. The van der Waals surface area contributed by atoms with Gasteiger partial charge in [-0.3, -0.25) is 0 Å². The maximum absolute atomic E-state index is 11.7. The molecule has 0 aromatic carbocycles. The highest BCUT2D eigenvalue weighted by Gasteiger charge is 1.93. The Labute approximate surface area is 51.2 Å². The third-order valence-electron chi connectivity index (χ3n) is 0.810. The van der Waals surface area contributed by atoms with Crippen molar-refractivity contribution >= 4 is 0 Å². The summed E-state index contributed by atoms with van der Waals surface area (Å²) < 4.78 is 11.7. The number of aromatic nitrogens is 2. The van der Waals surface area contributed by atoms with Gasteiger partial charge in [-0.1, -0.05) is 0 Å². The molecule has 0 aliphatic rings. The molecule has 0 aliphatic carbocycles. The van der Waals surface area contributed by atoms with Gasteiger partial charge < -0.3 is 5.11 Å². The molecule has 1 N–H and O–H groups in total. The van der Waals surface area contributed by atoms with Crippen LogP contribution in [0.2, 0.25) is 0 Å². The number of alkyl halides is 1. The van der Waals surface area contributed by atoms with Crippen LogP contribution in [0.5, 0.6) is 5.88 Å². The summed E-state index contributed by atoms with van der Waals surface area (Å²) in [6.45, 7) is -0.742. The van der Waals surface area contributed by atoms with Crippen molar-refractivity contribution in [2.75, 3.05) is 0 Å². The van der Waals surface area contributed by atoms with E-state index in [4.69, 9.17) is 5.11 Å². The monoisotopic (exact) mass is 128 g/mol. The van der Waals surface area contributed by atoms with Gasteiger partial charge in [-0.2, -0.15) is 4.98 Å². The van der Waals surface area contributed by atoms with Crippen LogP contribution in [-0.2, 0) is 6.67 Å². The number of rotatable bonds is 1. The molecule has 1 aromatic heterocycles. The van der Waals surface area contributed by atoms with E-state index in [2.05, 4.69) is 9.97 Å². The van der Waals surface area contributed by atoms with Crippen molar-refractivity contribution in [3.8, 4) is 5.88 Å². The first-order chi connectivity index (χ1) is 4.33. The number of hydrogen-bond acceptors (Lipinski definition) is 3. The predicted molar refractivity (Wildman–Crippen MR) is 28.5 cm³/mol. The standard InChI is InChI=1S/C5H5FN2O/c6-3-4-7-2-1-5(9)8-4/h1-2H,3H2,(H,7,8,9). The van der Waals surface area contributed by atoms with E-state index in [0.29, 0.717) is 0 Å². The van der Waals surface area contributed by atoms with Crippen LogP contribution in [0.3, 0.4) is 0 Å². The molecule has 0 fully saturated rings. The van der Waals surface area contributed by atoms with Crippen LogP contribution >= 0.6 is 0 Å². The molecule has 9 heavy (non-hydrogen) atoms. The zero-order valence-corrected chi connectivity index (χ0v) is 4.58. The highest BCUT2D eigenvalue weighted by molar-refractivity contribution is 5.05. The van der Waals surface area contributed by atoms with E-state index in [-0.39, 0.29) is 11.7 Å². The molecule has 0 saturated heterocycles. The van der Waals surface area contributed by atoms with Gasteiger partial charge in [-0.15, -0.1) is 0 Å². The van der Waals surface area contributed by atoms with Gasteiger partial charge >= 0.3 is 0 Å². The molecule has 0 bridgehead atoms. The lowest BCUT2D eigenvalue weighted by atomic mass is 10.6. The second-order valence-electron chi connectivity index (χ2n) is 1.46. The zero-order valence-electron chi connectivity index (χ0n) is 4.58. The quantitative estimate of drug-likeness (QED) is 0.604. The van der Waals surface area contributed by atoms with Crippen LogP contribution in [0.15, 0.2) is 12.3 Å². The van der Waals surface area contributed by atoms with E-state index in [1.807, 2.05) is 0 Å². The molecular formula is C5H5FN2O. The first kappa shape index (κ1) is 5.94. The number of aromatic hydroxyl groups is 1. The molecule has 4 heteroatoms. The largest absolute Gasteiger partial charge is 0.493 e. The lowest BCUT2D eigenvalue weighted by Crippen LogP contribution is -1.88. The SMILES string of the molecule is Oc1ccnc(CF)n1. The van der Waals surface area contributed by atoms with Gasteiger partial charge in [0.2, 0.25) is 5.88 Å². The maximum Gasteiger partial charge on any atom is 0.214 e. The fourth-order valence-corrected chi connectivity index (χ4v) is 0.453. The second-order valence-corrected chi connectivity index (χ2v) is 1.46. The van der Waals surface area contributed by atoms with E-state index in [1.165, 1.54) is 12.3 Å². The minimum absolute atomic E-state index is 0.00926. The second kappa shape index (κ2) is 2.39. The summed E-state index contributed by atoms with van der Waals surface area (Å²) in [4.78, 5) is 6.87. The highest BCUT2D eigenvalue weighted by Crippen LogP contribution is 2.01. The normalized spacial score (nSPS) is 9.44. The summed E-state index contributed by atoms with van der Waals surface area (Å²) in [5.41, 5.74) is 0. The van der Waals surface area contributed by atoms with Crippen LogP contribution in [0.25, 0.3) is 0 Å². The summed E-state index contributed by atoms with van der Waals surface area (Å²) in [5, 5.41) is 8.63. The van der Waals surface area contributed by atoms with Crippen molar-refractivity contribution in [3.63, 3.8) is 0 Å². The van der Waals surface area contributed by atoms with Gasteiger partial charge in [-0.25, -0.2) is 9.37 Å². The molecule has 0 aliphatic heterocycles. The fourth-order valence-electron chi connectivity index (χ4n) is 0.453. The van der Waals surface area contributed by atoms with Crippen LogP contribution < -0.4 is 0 Å². The fraction of sp³-hybridized carbons (Fsp3) is 0.200. The Morgan fingerprint density at radius 2 is 2.44 bits per heavy atom. The Hall–Kier alpha value is -1.19. The molecule has 1 rings (SSSR count). The van der Waals surface area contributed by atoms with Crippen molar-refractivity contribution in [1.29, 1.82) is 0 Å². The van der Waals surface area contributed by atoms with Gasteiger partial charge in [0, 0.05) is 12.3 Å². The molecule has 0 amide bonds. The summed E-state index contributed by atoms with van der Waals surface area (Å²) in [7, 11) is 0. The average molecular weight is 128 g/mol. The molecular weight excluding hydrogens is 123 g/mol. The van der Waals surface area contributed by atoms with Gasteiger partial charge in [0.05, 0.1) is 0 Å². The minimum Gasteiger partial charge on any atom is -0.493 e. The third-order valence-corrected chi connectivity index (χ3v) is 0.810. The maximum atomic E-state index is 11.7. The highest BCUT2D eigenvalue weighted by atomic mass is 19.1. The summed E-state index contributed by atoms with van der Waals surface area (Å²) in [6, 6.07) is 1.29. The number of hydrogen-bond donors (Lipinski definition) is 1. The molecule has 48 valence electrons. The average Bonchev–Trinajstić information content (AvgIpc) is 1.88.